The second-order valence-corrected chi connectivity index (χ2v) is 7.29. The van der Waals surface area contributed by atoms with Gasteiger partial charge in [-0.2, -0.15) is 0 Å². The molecule has 0 spiro atoms. The zero-order valence-corrected chi connectivity index (χ0v) is 15.8. The molecule has 0 unspecified atom stereocenters. The maximum atomic E-state index is 13.1. The fourth-order valence-electron chi connectivity index (χ4n) is 2.86. The van der Waals surface area contributed by atoms with Gasteiger partial charge in [0.15, 0.2) is 5.17 Å². The summed E-state index contributed by atoms with van der Waals surface area (Å²) in [5.41, 5.74) is 2.43. The first-order chi connectivity index (χ1) is 13.7. The number of amides is 1. The summed E-state index contributed by atoms with van der Waals surface area (Å²) in [6.07, 6.45) is 1.72. The van der Waals surface area contributed by atoms with Crippen molar-refractivity contribution < 1.29 is 9.90 Å². The van der Waals surface area contributed by atoms with Crippen LogP contribution in [0.1, 0.15) is 11.1 Å². The molecule has 3 aromatic rings. The topological polar surface area (TPSA) is 52.9 Å². The zero-order valence-electron chi connectivity index (χ0n) is 15.0. The van der Waals surface area contributed by atoms with Crippen LogP contribution in [0.5, 0.6) is 5.75 Å². The number of benzene rings is 3. The van der Waals surface area contributed by atoms with Gasteiger partial charge in [0.25, 0.3) is 5.91 Å². The standard InChI is InChI=1S/C23H18N2O2S/c26-20-14-8-7-11-18(20)15-21-22(27)25(16-17-9-3-1-4-10-17)23(28-21)24-19-12-5-2-6-13-19/h1-15,26H,16H2/b21-15+,24-23?. The molecule has 1 fully saturated rings. The van der Waals surface area contributed by atoms with Crippen molar-refractivity contribution in [2.24, 2.45) is 4.99 Å². The summed E-state index contributed by atoms with van der Waals surface area (Å²) in [6, 6.07) is 26.4. The van der Waals surface area contributed by atoms with E-state index in [1.54, 1.807) is 29.2 Å². The summed E-state index contributed by atoms with van der Waals surface area (Å²) < 4.78 is 0. The van der Waals surface area contributed by atoms with Crippen LogP contribution < -0.4 is 0 Å². The minimum absolute atomic E-state index is 0.119. The van der Waals surface area contributed by atoms with Crippen LogP contribution in [0, 0.1) is 0 Å². The summed E-state index contributed by atoms with van der Waals surface area (Å²) in [7, 11) is 0. The lowest BCUT2D eigenvalue weighted by Crippen LogP contribution is -2.28. The molecule has 0 saturated carbocycles. The molecule has 1 aliphatic rings. The van der Waals surface area contributed by atoms with Crippen LogP contribution in [0.2, 0.25) is 0 Å². The first-order valence-electron chi connectivity index (χ1n) is 8.88. The molecule has 0 aliphatic carbocycles. The molecular weight excluding hydrogens is 368 g/mol. The van der Waals surface area contributed by atoms with Crippen LogP contribution in [0.15, 0.2) is 94.8 Å². The summed E-state index contributed by atoms with van der Waals surface area (Å²) >= 11 is 1.32. The van der Waals surface area contributed by atoms with Gasteiger partial charge in [-0.05, 0) is 41.6 Å². The van der Waals surface area contributed by atoms with Gasteiger partial charge in [-0.15, -0.1) is 0 Å². The minimum Gasteiger partial charge on any atom is -0.507 e. The zero-order chi connectivity index (χ0) is 19.3. The van der Waals surface area contributed by atoms with Gasteiger partial charge in [0.05, 0.1) is 17.1 Å². The third kappa shape index (κ3) is 4.00. The van der Waals surface area contributed by atoms with Crippen LogP contribution in [0.4, 0.5) is 5.69 Å². The van der Waals surface area contributed by atoms with Crippen LogP contribution in [-0.4, -0.2) is 21.1 Å². The molecule has 1 aliphatic heterocycles. The molecule has 1 amide bonds. The molecule has 5 heteroatoms. The number of amidine groups is 1. The Balaban J connectivity index is 1.71. The summed E-state index contributed by atoms with van der Waals surface area (Å²) in [5, 5.41) is 10.7. The molecule has 0 radical (unpaired) electrons. The third-order valence-corrected chi connectivity index (χ3v) is 5.28. The van der Waals surface area contributed by atoms with Crippen molar-refractivity contribution in [1.29, 1.82) is 0 Å². The lowest BCUT2D eigenvalue weighted by molar-refractivity contribution is -0.122. The largest absolute Gasteiger partial charge is 0.507 e. The number of phenols is 1. The van der Waals surface area contributed by atoms with Crippen molar-refractivity contribution in [1.82, 2.24) is 4.90 Å². The lowest BCUT2D eigenvalue weighted by Gasteiger charge is -2.15. The number of carbonyl (C=O) groups excluding carboxylic acids is 1. The SMILES string of the molecule is O=C1/C(=C\c2ccccc2O)SC(=Nc2ccccc2)N1Cc1ccccc1. The van der Waals surface area contributed by atoms with E-state index in [0.717, 1.165) is 11.3 Å². The molecule has 1 N–H and O–H groups in total. The van der Waals surface area contributed by atoms with E-state index in [-0.39, 0.29) is 11.7 Å². The molecule has 0 bridgehead atoms. The number of carbonyl (C=O) groups is 1. The van der Waals surface area contributed by atoms with Crippen molar-refractivity contribution in [3.8, 4) is 5.75 Å². The number of nitrogens with zero attached hydrogens (tertiary/aromatic N) is 2. The second-order valence-electron chi connectivity index (χ2n) is 6.28. The van der Waals surface area contributed by atoms with Crippen molar-refractivity contribution in [2.45, 2.75) is 6.54 Å². The normalized spacial score (nSPS) is 16.9. The van der Waals surface area contributed by atoms with Crippen LogP contribution in [-0.2, 0) is 11.3 Å². The Kier molecular flexibility index (Phi) is 5.26. The number of rotatable bonds is 4. The summed E-state index contributed by atoms with van der Waals surface area (Å²) in [6.45, 7) is 0.441. The number of thioether (sulfide) groups is 1. The van der Waals surface area contributed by atoms with Gasteiger partial charge in [-0.25, -0.2) is 4.99 Å². The van der Waals surface area contributed by atoms with E-state index in [2.05, 4.69) is 4.99 Å². The number of hydrogen-bond donors (Lipinski definition) is 1. The van der Waals surface area contributed by atoms with Crippen molar-refractivity contribution in [3.05, 3.63) is 101 Å². The van der Waals surface area contributed by atoms with Gasteiger partial charge in [0.2, 0.25) is 0 Å². The van der Waals surface area contributed by atoms with Crippen LogP contribution in [0.25, 0.3) is 6.08 Å². The number of phenolic OH excluding ortho intramolecular Hbond substituents is 1. The number of aromatic hydroxyl groups is 1. The number of hydrogen-bond acceptors (Lipinski definition) is 4. The highest BCUT2D eigenvalue weighted by Crippen LogP contribution is 2.36. The van der Waals surface area contributed by atoms with E-state index in [1.807, 2.05) is 66.7 Å². The molecule has 0 atom stereocenters. The van der Waals surface area contributed by atoms with Crippen molar-refractivity contribution in [2.75, 3.05) is 0 Å². The third-order valence-electron chi connectivity index (χ3n) is 4.28. The van der Waals surface area contributed by atoms with Crippen LogP contribution >= 0.6 is 11.8 Å². The lowest BCUT2D eigenvalue weighted by atomic mass is 10.2. The molecule has 4 nitrogen and oxygen atoms in total. The monoisotopic (exact) mass is 386 g/mol. The predicted molar refractivity (Wildman–Crippen MR) is 114 cm³/mol. The highest BCUT2D eigenvalue weighted by molar-refractivity contribution is 8.18. The van der Waals surface area contributed by atoms with Gasteiger partial charge in [-0.1, -0.05) is 66.7 Å². The Hall–Kier alpha value is -3.31. The van der Waals surface area contributed by atoms with E-state index in [1.165, 1.54) is 11.8 Å². The van der Waals surface area contributed by atoms with E-state index < -0.39 is 0 Å². The first kappa shape index (κ1) is 18.1. The van der Waals surface area contributed by atoms with Gasteiger partial charge >= 0.3 is 0 Å². The Bertz CT molecular complexity index is 1050. The molecular formula is C23H18N2O2S. The molecule has 138 valence electrons. The van der Waals surface area contributed by atoms with Crippen LogP contribution in [0.3, 0.4) is 0 Å². The van der Waals surface area contributed by atoms with Gasteiger partial charge in [0, 0.05) is 5.56 Å². The van der Waals surface area contributed by atoms with Crippen molar-refractivity contribution in [3.63, 3.8) is 0 Å². The minimum atomic E-state index is -0.119. The van der Waals surface area contributed by atoms with E-state index in [9.17, 15) is 9.90 Å². The Morgan fingerprint density at radius 1 is 0.893 bits per heavy atom. The number of para-hydroxylation sites is 2. The Morgan fingerprint density at radius 3 is 2.25 bits per heavy atom. The van der Waals surface area contributed by atoms with Gasteiger partial charge in [0.1, 0.15) is 5.75 Å². The van der Waals surface area contributed by atoms with Gasteiger partial charge in [-0.3, -0.25) is 9.69 Å². The summed E-state index contributed by atoms with van der Waals surface area (Å²) in [4.78, 5) is 20.0. The average Bonchev–Trinajstić information content (AvgIpc) is 3.00. The maximum Gasteiger partial charge on any atom is 0.267 e. The predicted octanol–water partition coefficient (Wildman–Crippen LogP) is 5.20. The molecule has 0 aromatic heterocycles. The van der Waals surface area contributed by atoms with E-state index in [4.69, 9.17) is 0 Å². The first-order valence-corrected chi connectivity index (χ1v) is 9.69. The van der Waals surface area contributed by atoms with E-state index in [0.29, 0.717) is 22.2 Å². The number of aliphatic imine (C=N–C) groups is 1. The van der Waals surface area contributed by atoms with Crippen molar-refractivity contribution >= 4 is 34.6 Å². The highest BCUT2D eigenvalue weighted by atomic mass is 32.2. The van der Waals surface area contributed by atoms with Gasteiger partial charge < -0.3 is 5.11 Å². The fourth-order valence-corrected chi connectivity index (χ4v) is 3.85. The maximum absolute atomic E-state index is 13.1. The second kappa shape index (κ2) is 8.15. The fraction of sp³-hybridized carbons (Fsp3) is 0.0435. The Labute approximate surface area is 167 Å². The molecule has 1 saturated heterocycles. The molecule has 4 rings (SSSR count). The molecule has 3 aromatic carbocycles. The highest BCUT2D eigenvalue weighted by Gasteiger charge is 2.33. The molecule has 1 heterocycles. The van der Waals surface area contributed by atoms with E-state index >= 15 is 0 Å². The Morgan fingerprint density at radius 2 is 1.54 bits per heavy atom. The average molecular weight is 386 g/mol. The summed E-state index contributed by atoms with van der Waals surface area (Å²) in [5.74, 6) is 0.0262. The quantitative estimate of drug-likeness (QED) is 0.627. The smallest absolute Gasteiger partial charge is 0.267 e. The molecule has 28 heavy (non-hydrogen) atoms.